The summed E-state index contributed by atoms with van der Waals surface area (Å²) in [5.74, 6) is -0.0562. The van der Waals surface area contributed by atoms with Gasteiger partial charge >= 0.3 is 0 Å². The van der Waals surface area contributed by atoms with Crippen molar-refractivity contribution >= 4 is 17.5 Å². The van der Waals surface area contributed by atoms with Gasteiger partial charge in [0, 0.05) is 5.02 Å². The zero-order valence-corrected chi connectivity index (χ0v) is 16.0. The maximum Gasteiger partial charge on any atom is 0.234 e. The summed E-state index contributed by atoms with van der Waals surface area (Å²) in [7, 11) is 0. The summed E-state index contributed by atoms with van der Waals surface area (Å²) in [5.41, 5.74) is 3.23. The van der Waals surface area contributed by atoms with Gasteiger partial charge in [-0.1, -0.05) is 84.4 Å². The number of nitrogens with one attached hydrogen (secondary N) is 2. The number of rotatable bonds is 7. The van der Waals surface area contributed by atoms with Crippen LogP contribution in [0.3, 0.4) is 0 Å². The number of amides is 1. The Morgan fingerprint density at radius 1 is 0.852 bits per heavy atom. The Morgan fingerprint density at radius 3 is 1.96 bits per heavy atom. The minimum absolute atomic E-state index is 0.0420. The molecule has 0 saturated heterocycles. The van der Waals surface area contributed by atoms with Gasteiger partial charge in [-0.3, -0.25) is 10.1 Å². The highest BCUT2D eigenvalue weighted by Gasteiger charge is 2.16. The lowest BCUT2D eigenvalue weighted by molar-refractivity contribution is -0.121. The first-order chi connectivity index (χ1) is 13.1. The number of carbonyl (C=O) groups excluding carboxylic acids is 1. The molecule has 2 N–H and O–H groups in total. The first-order valence-electron chi connectivity index (χ1n) is 9.01. The van der Waals surface area contributed by atoms with Crippen LogP contribution >= 0.6 is 11.6 Å². The van der Waals surface area contributed by atoms with E-state index >= 15 is 0 Å². The Kier molecular flexibility index (Phi) is 6.64. The Labute approximate surface area is 165 Å². The van der Waals surface area contributed by atoms with Crippen molar-refractivity contribution in [1.29, 1.82) is 0 Å². The fourth-order valence-electron chi connectivity index (χ4n) is 3.07. The van der Waals surface area contributed by atoms with E-state index in [1.54, 1.807) is 0 Å². The molecule has 0 saturated carbocycles. The molecule has 138 valence electrons. The molecule has 3 rings (SSSR count). The molecule has 0 fully saturated rings. The molecule has 0 bridgehead atoms. The van der Waals surface area contributed by atoms with E-state index in [0.717, 1.165) is 16.7 Å². The second-order valence-electron chi connectivity index (χ2n) is 6.48. The van der Waals surface area contributed by atoms with Crippen LogP contribution in [0, 0.1) is 0 Å². The van der Waals surface area contributed by atoms with Crippen LogP contribution in [0.15, 0.2) is 84.9 Å². The van der Waals surface area contributed by atoms with Crippen molar-refractivity contribution in [2.75, 3.05) is 6.54 Å². The number of halogens is 1. The fraction of sp³-hybridized carbons (Fsp3) is 0.174. The molecule has 0 aliphatic carbocycles. The lowest BCUT2D eigenvalue weighted by Gasteiger charge is -2.21. The van der Waals surface area contributed by atoms with Crippen molar-refractivity contribution in [2.24, 2.45) is 0 Å². The lowest BCUT2D eigenvalue weighted by atomic mass is 9.99. The predicted octanol–water partition coefficient (Wildman–Crippen LogP) is 4.90. The van der Waals surface area contributed by atoms with Gasteiger partial charge in [-0.2, -0.15) is 0 Å². The molecule has 1 atom stereocenters. The van der Waals surface area contributed by atoms with Gasteiger partial charge in [0.15, 0.2) is 0 Å². The maximum atomic E-state index is 12.5. The quantitative estimate of drug-likeness (QED) is 0.614. The van der Waals surface area contributed by atoms with Crippen LogP contribution in [0.25, 0.3) is 0 Å². The summed E-state index contributed by atoms with van der Waals surface area (Å²) in [6.07, 6.45) is 0. The van der Waals surface area contributed by atoms with Crippen LogP contribution in [0.5, 0.6) is 0 Å². The average molecular weight is 379 g/mol. The van der Waals surface area contributed by atoms with Crippen LogP contribution in [0.1, 0.15) is 35.7 Å². The highest BCUT2D eigenvalue weighted by Crippen LogP contribution is 2.21. The van der Waals surface area contributed by atoms with Gasteiger partial charge in [-0.15, -0.1) is 0 Å². The van der Waals surface area contributed by atoms with Gasteiger partial charge in [0.1, 0.15) is 0 Å². The smallest absolute Gasteiger partial charge is 0.234 e. The number of benzene rings is 3. The zero-order valence-electron chi connectivity index (χ0n) is 15.2. The van der Waals surface area contributed by atoms with Gasteiger partial charge in [-0.05, 0) is 35.7 Å². The Balaban J connectivity index is 1.66. The van der Waals surface area contributed by atoms with E-state index in [4.69, 9.17) is 11.6 Å². The second kappa shape index (κ2) is 9.36. The highest BCUT2D eigenvalue weighted by molar-refractivity contribution is 6.30. The van der Waals surface area contributed by atoms with Gasteiger partial charge in [0.2, 0.25) is 5.91 Å². The van der Waals surface area contributed by atoms with E-state index in [-0.39, 0.29) is 24.5 Å². The monoisotopic (exact) mass is 378 g/mol. The van der Waals surface area contributed by atoms with E-state index in [1.165, 1.54) is 0 Å². The maximum absolute atomic E-state index is 12.5. The van der Waals surface area contributed by atoms with Crippen molar-refractivity contribution < 1.29 is 4.79 Å². The van der Waals surface area contributed by atoms with Gasteiger partial charge < -0.3 is 5.32 Å². The fourth-order valence-corrected chi connectivity index (χ4v) is 3.26. The van der Waals surface area contributed by atoms with Crippen molar-refractivity contribution in [1.82, 2.24) is 10.6 Å². The Morgan fingerprint density at radius 2 is 1.41 bits per heavy atom. The Hall–Kier alpha value is -2.62. The standard InChI is InChI=1S/C23H23ClN2O/c1-17(20-13-8-14-21(24)15-20)26-22(27)16-25-23(18-9-4-2-5-10-18)19-11-6-3-7-12-19/h2-15,17,23,25H,16H2,1H3,(H,26,27). The molecular weight excluding hydrogens is 356 g/mol. The molecular formula is C23H23ClN2O. The van der Waals surface area contributed by atoms with Crippen molar-refractivity contribution in [3.05, 3.63) is 107 Å². The summed E-state index contributed by atoms with van der Waals surface area (Å²) in [6.45, 7) is 2.18. The largest absolute Gasteiger partial charge is 0.348 e. The summed E-state index contributed by atoms with van der Waals surface area (Å²) >= 11 is 6.04. The van der Waals surface area contributed by atoms with Gasteiger partial charge in [0.25, 0.3) is 0 Å². The molecule has 0 radical (unpaired) electrons. The average Bonchev–Trinajstić information content (AvgIpc) is 2.70. The van der Waals surface area contributed by atoms with Crippen LogP contribution in [-0.4, -0.2) is 12.5 Å². The molecule has 0 spiro atoms. The lowest BCUT2D eigenvalue weighted by Crippen LogP contribution is -2.37. The van der Waals surface area contributed by atoms with Crippen molar-refractivity contribution in [3.63, 3.8) is 0 Å². The first-order valence-corrected chi connectivity index (χ1v) is 9.39. The highest BCUT2D eigenvalue weighted by atomic mass is 35.5. The molecule has 0 aliphatic heterocycles. The van der Waals surface area contributed by atoms with Crippen LogP contribution < -0.4 is 10.6 Å². The zero-order chi connectivity index (χ0) is 19.1. The third kappa shape index (κ3) is 5.43. The van der Waals surface area contributed by atoms with E-state index < -0.39 is 0 Å². The number of hydrogen-bond donors (Lipinski definition) is 2. The van der Waals surface area contributed by atoms with Gasteiger partial charge in [-0.25, -0.2) is 0 Å². The normalized spacial score (nSPS) is 12.0. The van der Waals surface area contributed by atoms with Crippen LogP contribution in [0.2, 0.25) is 5.02 Å². The summed E-state index contributed by atoms with van der Waals surface area (Å²) in [5, 5.41) is 7.07. The topological polar surface area (TPSA) is 41.1 Å². The van der Waals surface area contributed by atoms with E-state index in [2.05, 4.69) is 34.9 Å². The SMILES string of the molecule is CC(NC(=O)CNC(c1ccccc1)c1ccccc1)c1cccc(Cl)c1. The molecule has 0 aliphatic rings. The van der Waals surface area contributed by atoms with E-state index in [9.17, 15) is 4.79 Å². The second-order valence-corrected chi connectivity index (χ2v) is 6.92. The molecule has 3 aromatic rings. The van der Waals surface area contributed by atoms with Crippen molar-refractivity contribution in [2.45, 2.75) is 19.0 Å². The third-order valence-corrected chi connectivity index (χ3v) is 4.69. The molecule has 0 heterocycles. The molecule has 3 aromatic carbocycles. The third-order valence-electron chi connectivity index (χ3n) is 4.46. The predicted molar refractivity (Wildman–Crippen MR) is 111 cm³/mol. The van der Waals surface area contributed by atoms with E-state index in [0.29, 0.717) is 5.02 Å². The minimum Gasteiger partial charge on any atom is -0.348 e. The molecule has 27 heavy (non-hydrogen) atoms. The number of carbonyl (C=O) groups is 1. The van der Waals surface area contributed by atoms with E-state index in [1.807, 2.05) is 67.6 Å². The molecule has 4 heteroatoms. The molecule has 0 aromatic heterocycles. The summed E-state index contributed by atoms with van der Waals surface area (Å²) in [6, 6.07) is 27.7. The number of hydrogen-bond acceptors (Lipinski definition) is 2. The molecule has 1 unspecified atom stereocenters. The summed E-state index contributed by atoms with van der Waals surface area (Å²) < 4.78 is 0. The first kappa shape index (κ1) is 19.2. The molecule has 3 nitrogen and oxygen atoms in total. The summed E-state index contributed by atoms with van der Waals surface area (Å²) in [4.78, 5) is 12.5. The van der Waals surface area contributed by atoms with Gasteiger partial charge in [0.05, 0.1) is 18.6 Å². The van der Waals surface area contributed by atoms with Crippen LogP contribution in [-0.2, 0) is 4.79 Å². The minimum atomic E-state index is -0.107. The van der Waals surface area contributed by atoms with Crippen LogP contribution in [0.4, 0.5) is 0 Å². The molecule has 1 amide bonds. The van der Waals surface area contributed by atoms with Crippen molar-refractivity contribution in [3.8, 4) is 0 Å². The Bertz CT molecular complexity index is 828.